The van der Waals surface area contributed by atoms with Gasteiger partial charge in [-0.2, -0.15) is 0 Å². The zero-order valence-corrected chi connectivity index (χ0v) is 31.8. The van der Waals surface area contributed by atoms with Gasteiger partial charge >= 0.3 is 5.97 Å². The summed E-state index contributed by atoms with van der Waals surface area (Å²) in [4.78, 5) is 25.7. The molecule has 0 aromatic rings. The summed E-state index contributed by atoms with van der Waals surface area (Å²) in [7, 11) is 0. The monoisotopic (exact) mass is 686 g/mol. The summed E-state index contributed by atoms with van der Waals surface area (Å²) in [6.07, 6.45) is 42.9. The van der Waals surface area contributed by atoms with Gasteiger partial charge in [0.1, 0.15) is 6.10 Å². The van der Waals surface area contributed by atoms with E-state index in [1.54, 1.807) is 0 Å². The lowest BCUT2D eigenvalue weighted by Crippen LogP contribution is -2.46. The lowest BCUT2D eigenvalue weighted by Gasteiger charge is -2.24. The Hall–Kier alpha value is -2.44. The Balaban J connectivity index is 4.66. The lowest BCUT2D eigenvalue weighted by molar-refractivity contribution is -0.151. The van der Waals surface area contributed by atoms with Gasteiger partial charge in [0.2, 0.25) is 5.91 Å². The molecule has 6 nitrogen and oxygen atoms in total. The standard InChI is InChI=1S/C43H75NO5/c1-4-7-10-13-16-19-20-21-22-24-27-30-33-36-43(48)49-39(34-31-28-25-18-15-12-9-6-3)37-42(47)44-40(38-45)41(46)35-32-29-26-23-17-14-11-8-5-2/h7,10,12-13,15-16,19-22,39-41,45-46H,4-6,8-9,11,14,17-18,23-38H2,1-3H3,(H,44,47)/b10-7+,15-12-,16-13+,20-19-,22-21-. The van der Waals surface area contributed by atoms with E-state index in [1.165, 1.54) is 38.5 Å². The molecule has 0 spiro atoms. The maximum Gasteiger partial charge on any atom is 0.306 e. The van der Waals surface area contributed by atoms with Crippen molar-refractivity contribution < 1.29 is 24.5 Å². The van der Waals surface area contributed by atoms with E-state index >= 15 is 0 Å². The molecule has 0 aliphatic carbocycles. The van der Waals surface area contributed by atoms with E-state index in [0.29, 0.717) is 19.3 Å². The van der Waals surface area contributed by atoms with Crippen molar-refractivity contribution >= 4 is 11.9 Å². The molecule has 49 heavy (non-hydrogen) atoms. The van der Waals surface area contributed by atoms with E-state index < -0.39 is 18.2 Å². The van der Waals surface area contributed by atoms with Crippen LogP contribution < -0.4 is 5.32 Å². The smallest absolute Gasteiger partial charge is 0.306 e. The normalized spacial score (nSPS) is 14.1. The number of allylic oxidation sites excluding steroid dienone is 10. The molecule has 0 aliphatic heterocycles. The van der Waals surface area contributed by atoms with Crippen molar-refractivity contribution in [3.8, 4) is 0 Å². The highest BCUT2D eigenvalue weighted by Gasteiger charge is 2.24. The Morgan fingerprint density at radius 1 is 0.612 bits per heavy atom. The molecule has 0 aromatic carbocycles. The van der Waals surface area contributed by atoms with Gasteiger partial charge in [0, 0.05) is 6.42 Å². The SMILES string of the molecule is CC/C=C/C=C/C=C\C=C/CCCCCC(=O)OC(CCCCC/C=C\CCC)CC(=O)NC(CO)C(O)CCCCCCCCCCC. The van der Waals surface area contributed by atoms with E-state index in [-0.39, 0.29) is 24.9 Å². The maximum atomic E-state index is 13.0. The zero-order valence-electron chi connectivity index (χ0n) is 31.8. The number of hydrogen-bond acceptors (Lipinski definition) is 5. The van der Waals surface area contributed by atoms with E-state index in [0.717, 1.165) is 89.9 Å². The number of carbonyl (C=O) groups excluding carboxylic acids is 2. The first kappa shape index (κ1) is 46.6. The molecule has 3 atom stereocenters. The number of hydrogen-bond donors (Lipinski definition) is 3. The van der Waals surface area contributed by atoms with Gasteiger partial charge in [0.25, 0.3) is 0 Å². The van der Waals surface area contributed by atoms with Gasteiger partial charge < -0.3 is 20.3 Å². The van der Waals surface area contributed by atoms with E-state index in [1.807, 2.05) is 30.4 Å². The van der Waals surface area contributed by atoms with Crippen molar-refractivity contribution in [3.63, 3.8) is 0 Å². The molecule has 0 heterocycles. The van der Waals surface area contributed by atoms with Gasteiger partial charge in [-0.05, 0) is 64.2 Å². The number of ether oxygens (including phenoxy) is 1. The van der Waals surface area contributed by atoms with Crippen molar-refractivity contribution in [1.82, 2.24) is 5.32 Å². The molecule has 1 amide bonds. The van der Waals surface area contributed by atoms with Crippen LogP contribution in [0.5, 0.6) is 0 Å². The van der Waals surface area contributed by atoms with Crippen LogP contribution in [0.15, 0.2) is 60.8 Å². The fourth-order valence-corrected chi connectivity index (χ4v) is 5.62. The van der Waals surface area contributed by atoms with E-state index in [9.17, 15) is 19.8 Å². The number of unbranched alkanes of at least 4 members (excludes halogenated alkanes) is 15. The number of aliphatic hydroxyl groups excluding tert-OH is 2. The second kappa shape index (κ2) is 36.8. The molecule has 0 aliphatic rings. The molecule has 0 saturated carbocycles. The number of carbonyl (C=O) groups is 2. The molecule has 0 bridgehead atoms. The maximum absolute atomic E-state index is 13.0. The van der Waals surface area contributed by atoms with Gasteiger partial charge in [0.15, 0.2) is 0 Å². The van der Waals surface area contributed by atoms with Crippen LogP contribution >= 0.6 is 0 Å². The van der Waals surface area contributed by atoms with Gasteiger partial charge in [-0.1, -0.05) is 159 Å². The molecule has 3 N–H and O–H groups in total. The predicted molar refractivity (Wildman–Crippen MR) is 208 cm³/mol. The Morgan fingerprint density at radius 2 is 1.16 bits per heavy atom. The van der Waals surface area contributed by atoms with Gasteiger partial charge in [-0.15, -0.1) is 0 Å². The summed E-state index contributed by atoms with van der Waals surface area (Å²) in [5, 5.41) is 23.4. The highest BCUT2D eigenvalue weighted by molar-refractivity contribution is 5.77. The Kier molecular flexibility index (Phi) is 35.0. The highest BCUT2D eigenvalue weighted by Crippen LogP contribution is 2.16. The summed E-state index contributed by atoms with van der Waals surface area (Å²) in [6, 6.07) is -0.711. The average molecular weight is 686 g/mol. The number of amides is 1. The van der Waals surface area contributed by atoms with Crippen molar-refractivity contribution in [2.75, 3.05) is 6.61 Å². The summed E-state index contributed by atoms with van der Waals surface area (Å²) < 4.78 is 5.82. The van der Waals surface area contributed by atoms with Crippen LogP contribution in [-0.2, 0) is 14.3 Å². The van der Waals surface area contributed by atoms with Gasteiger partial charge in [-0.3, -0.25) is 9.59 Å². The van der Waals surface area contributed by atoms with E-state index in [4.69, 9.17) is 4.74 Å². The van der Waals surface area contributed by atoms with Crippen molar-refractivity contribution in [2.45, 2.75) is 193 Å². The number of rotatable bonds is 34. The number of aliphatic hydroxyl groups is 2. The topological polar surface area (TPSA) is 95.9 Å². The second-order valence-electron chi connectivity index (χ2n) is 13.4. The van der Waals surface area contributed by atoms with Crippen LogP contribution in [0.25, 0.3) is 0 Å². The zero-order chi connectivity index (χ0) is 36.0. The molecule has 0 radical (unpaired) electrons. The van der Waals surface area contributed by atoms with Crippen molar-refractivity contribution in [2.24, 2.45) is 0 Å². The Morgan fingerprint density at radius 3 is 1.82 bits per heavy atom. The quantitative estimate of drug-likeness (QED) is 0.0271. The first-order chi connectivity index (χ1) is 24.0. The van der Waals surface area contributed by atoms with Crippen LogP contribution in [0.2, 0.25) is 0 Å². The molecule has 0 saturated heterocycles. The summed E-state index contributed by atoms with van der Waals surface area (Å²) >= 11 is 0. The summed E-state index contributed by atoms with van der Waals surface area (Å²) in [5.41, 5.74) is 0. The van der Waals surface area contributed by atoms with Crippen LogP contribution in [0.3, 0.4) is 0 Å². The average Bonchev–Trinajstić information content (AvgIpc) is 3.09. The van der Waals surface area contributed by atoms with Crippen LogP contribution in [0, 0.1) is 0 Å². The van der Waals surface area contributed by atoms with Crippen LogP contribution in [0.4, 0.5) is 0 Å². The Labute approximate surface area is 301 Å². The third-order valence-electron chi connectivity index (χ3n) is 8.66. The molecule has 282 valence electrons. The Bertz CT molecular complexity index is 906. The van der Waals surface area contributed by atoms with Crippen LogP contribution in [0.1, 0.15) is 175 Å². The molecule has 0 aromatic heterocycles. The minimum atomic E-state index is -0.795. The minimum absolute atomic E-state index is 0.0474. The van der Waals surface area contributed by atoms with Crippen molar-refractivity contribution in [1.29, 1.82) is 0 Å². The van der Waals surface area contributed by atoms with Gasteiger partial charge in [0.05, 0.1) is 25.2 Å². The van der Waals surface area contributed by atoms with E-state index in [2.05, 4.69) is 56.5 Å². The lowest BCUT2D eigenvalue weighted by atomic mass is 10.0. The number of nitrogens with one attached hydrogen (secondary N) is 1. The predicted octanol–water partition coefficient (Wildman–Crippen LogP) is 10.9. The summed E-state index contributed by atoms with van der Waals surface area (Å²) in [6.45, 7) is 6.20. The summed E-state index contributed by atoms with van der Waals surface area (Å²) in [5.74, 6) is -0.550. The third-order valence-corrected chi connectivity index (χ3v) is 8.66. The van der Waals surface area contributed by atoms with Gasteiger partial charge in [-0.25, -0.2) is 0 Å². The van der Waals surface area contributed by atoms with Crippen LogP contribution in [-0.4, -0.2) is 46.9 Å². The molecular formula is C43H75NO5. The highest BCUT2D eigenvalue weighted by atomic mass is 16.5. The fraction of sp³-hybridized carbons (Fsp3) is 0.721. The number of esters is 1. The largest absolute Gasteiger partial charge is 0.462 e. The molecule has 0 rings (SSSR count). The van der Waals surface area contributed by atoms with Crippen molar-refractivity contribution in [3.05, 3.63) is 60.8 Å². The molecule has 6 heteroatoms. The first-order valence-electron chi connectivity index (χ1n) is 20.1. The first-order valence-corrected chi connectivity index (χ1v) is 20.1. The fourth-order valence-electron chi connectivity index (χ4n) is 5.62. The molecule has 0 fully saturated rings. The molecular weight excluding hydrogens is 610 g/mol. The third kappa shape index (κ3) is 32.5. The molecule has 3 unspecified atom stereocenters. The second-order valence-corrected chi connectivity index (χ2v) is 13.4. The minimum Gasteiger partial charge on any atom is -0.462 e.